The maximum Gasteiger partial charge on any atom is 0.123 e. The lowest BCUT2D eigenvalue weighted by atomic mass is 10.1. The SMILES string of the molecule is COc1ccc(C#N)cc1CS(=O)c1ccccc1N. The number of para-hydroxylation sites is 1. The molecule has 0 amide bonds. The minimum absolute atomic E-state index is 0.257. The van der Waals surface area contributed by atoms with Gasteiger partial charge < -0.3 is 10.5 Å². The van der Waals surface area contributed by atoms with Gasteiger partial charge in [0.15, 0.2) is 0 Å². The van der Waals surface area contributed by atoms with E-state index in [9.17, 15) is 4.21 Å². The van der Waals surface area contributed by atoms with Crippen LogP contribution in [0.5, 0.6) is 5.75 Å². The highest BCUT2D eigenvalue weighted by atomic mass is 32.2. The Morgan fingerprint density at radius 3 is 2.70 bits per heavy atom. The second-order valence-electron chi connectivity index (χ2n) is 4.17. The van der Waals surface area contributed by atoms with Crippen molar-refractivity contribution < 1.29 is 8.95 Å². The van der Waals surface area contributed by atoms with E-state index in [-0.39, 0.29) is 5.75 Å². The van der Waals surface area contributed by atoms with Gasteiger partial charge in [-0.2, -0.15) is 5.26 Å². The van der Waals surface area contributed by atoms with E-state index in [1.54, 1.807) is 49.6 Å². The van der Waals surface area contributed by atoms with E-state index in [1.807, 2.05) is 0 Å². The highest BCUT2D eigenvalue weighted by Crippen LogP contribution is 2.25. The summed E-state index contributed by atoms with van der Waals surface area (Å²) >= 11 is 0. The summed E-state index contributed by atoms with van der Waals surface area (Å²) in [5, 5.41) is 8.93. The van der Waals surface area contributed by atoms with Crippen LogP contribution in [-0.2, 0) is 16.6 Å². The molecular formula is C15H14N2O2S. The third-order valence-corrected chi connectivity index (χ3v) is 4.30. The number of rotatable bonds is 4. The minimum Gasteiger partial charge on any atom is -0.496 e. The molecule has 2 aromatic rings. The molecule has 2 aromatic carbocycles. The van der Waals surface area contributed by atoms with E-state index in [1.165, 1.54) is 0 Å². The van der Waals surface area contributed by atoms with E-state index in [0.717, 1.165) is 5.56 Å². The molecule has 1 atom stereocenters. The van der Waals surface area contributed by atoms with Gasteiger partial charge in [-0.3, -0.25) is 4.21 Å². The van der Waals surface area contributed by atoms with E-state index in [0.29, 0.717) is 21.9 Å². The van der Waals surface area contributed by atoms with Crippen LogP contribution in [0.4, 0.5) is 5.69 Å². The first-order chi connectivity index (χ1) is 9.65. The average Bonchev–Trinajstić information content (AvgIpc) is 2.47. The lowest BCUT2D eigenvalue weighted by molar-refractivity contribution is 0.411. The third-order valence-electron chi connectivity index (χ3n) is 2.86. The normalized spacial score (nSPS) is 11.6. The molecule has 0 fully saturated rings. The molecule has 2 rings (SSSR count). The predicted molar refractivity (Wildman–Crippen MR) is 78.7 cm³/mol. The number of nitrogens with two attached hydrogens (primary N) is 1. The molecule has 1 unspecified atom stereocenters. The standard InChI is InChI=1S/C15H14N2O2S/c1-19-14-7-6-11(9-16)8-12(14)10-20(18)15-5-3-2-4-13(15)17/h2-8H,10,17H2,1H3. The van der Waals surface area contributed by atoms with Crippen molar-refractivity contribution in [2.75, 3.05) is 12.8 Å². The van der Waals surface area contributed by atoms with Gasteiger partial charge in [0.2, 0.25) is 0 Å². The summed E-state index contributed by atoms with van der Waals surface area (Å²) in [6.07, 6.45) is 0. The maximum atomic E-state index is 12.4. The highest BCUT2D eigenvalue weighted by molar-refractivity contribution is 7.84. The van der Waals surface area contributed by atoms with Crippen molar-refractivity contribution in [3.63, 3.8) is 0 Å². The number of ether oxygens (including phenoxy) is 1. The Morgan fingerprint density at radius 2 is 2.05 bits per heavy atom. The van der Waals surface area contributed by atoms with Crippen molar-refractivity contribution in [2.45, 2.75) is 10.6 Å². The molecule has 0 aromatic heterocycles. The third kappa shape index (κ3) is 2.98. The maximum absolute atomic E-state index is 12.4. The molecule has 4 nitrogen and oxygen atoms in total. The molecule has 0 radical (unpaired) electrons. The number of benzene rings is 2. The van der Waals surface area contributed by atoms with Crippen LogP contribution in [0, 0.1) is 11.3 Å². The summed E-state index contributed by atoms with van der Waals surface area (Å²) in [5.41, 5.74) is 7.57. The Morgan fingerprint density at radius 1 is 1.30 bits per heavy atom. The number of nitrogens with zero attached hydrogens (tertiary/aromatic N) is 1. The van der Waals surface area contributed by atoms with Crippen molar-refractivity contribution in [2.24, 2.45) is 0 Å². The number of hydrogen-bond acceptors (Lipinski definition) is 4. The van der Waals surface area contributed by atoms with Gasteiger partial charge in [0.1, 0.15) is 5.75 Å². The number of anilines is 1. The van der Waals surface area contributed by atoms with E-state index >= 15 is 0 Å². The van der Waals surface area contributed by atoms with Crippen LogP contribution in [0.15, 0.2) is 47.4 Å². The predicted octanol–water partition coefficient (Wildman–Crippen LogP) is 2.46. The lowest BCUT2D eigenvalue weighted by Gasteiger charge is -2.10. The van der Waals surface area contributed by atoms with Crippen molar-refractivity contribution in [3.8, 4) is 11.8 Å². The summed E-state index contributed by atoms with van der Waals surface area (Å²) in [7, 11) is 0.264. The average molecular weight is 286 g/mol. The van der Waals surface area contributed by atoms with Gasteiger partial charge in [-0.25, -0.2) is 0 Å². The molecule has 0 aliphatic heterocycles. The molecular weight excluding hydrogens is 272 g/mol. The fourth-order valence-corrected chi connectivity index (χ4v) is 3.09. The number of nitriles is 1. The summed E-state index contributed by atoms with van der Waals surface area (Å²) < 4.78 is 17.6. The van der Waals surface area contributed by atoms with Gasteiger partial charge in [0, 0.05) is 11.3 Å². The Labute approximate surface area is 120 Å². The molecule has 5 heteroatoms. The fraction of sp³-hybridized carbons (Fsp3) is 0.133. The van der Waals surface area contributed by atoms with Crippen molar-refractivity contribution in [1.82, 2.24) is 0 Å². The summed E-state index contributed by atoms with van der Waals surface area (Å²) in [5.74, 6) is 0.874. The Hall–Kier alpha value is -2.32. The van der Waals surface area contributed by atoms with E-state index in [4.69, 9.17) is 15.7 Å². The molecule has 2 N–H and O–H groups in total. The smallest absolute Gasteiger partial charge is 0.123 e. The van der Waals surface area contributed by atoms with Crippen LogP contribution in [0.2, 0.25) is 0 Å². The minimum atomic E-state index is -1.28. The van der Waals surface area contributed by atoms with Gasteiger partial charge in [0.05, 0.1) is 40.2 Å². The van der Waals surface area contributed by atoms with Gasteiger partial charge in [-0.15, -0.1) is 0 Å². The van der Waals surface area contributed by atoms with Gasteiger partial charge >= 0.3 is 0 Å². The summed E-state index contributed by atoms with van der Waals surface area (Å²) in [6, 6.07) is 14.2. The largest absolute Gasteiger partial charge is 0.496 e. The molecule has 0 spiro atoms. The fourth-order valence-electron chi connectivity index (χ4n) is 1.87. The lowest BCUT2D eigenvalue weighted by Crippen LogP contribution is -2.02. The van der Waals surface area contributed by atoms with E-state index in [2.05, 4.69) is 6.07 Å². The van der Waals surface area contributed by atoms with Gasteiger partial charge in [-0.05, 0) is 30.3 Å². The van der Waals surface area contributed by atoms with Crippen molar-refractivity contribution in [1.29, 1.82) is 5.26 Å². The van der Waals surface area contributed by atoms with Crippen LogP contribution in [0.25, 0.3) is 0 Å². The zero-order valence-electron chi connectivity index (χ0n) is 11.0. The van der Waals surface area contributed by atoms with E-state index < -0.39 is 10.8 Å². The monoisotopic (exact) mass is 286 g/mol. The van der Waals surface area contributed by atoms with Crippen LogP contribution >= 0.6 is 0 Å². The summed E-state index contributed by atoms with van der Waals surface area (Å²) in [6.45, 7) is 0. The zero-order chi connectivity index (χ0) is 14.5. The molecule has 0 aliphatic rings. The van der Waals surface area contributed by atoms with Gasteiger partial charge in [-0.1, -0.05) is 12.1 Å². The second-order valence-corrected chi connectivity index (χ2v) is 5.59. The number of hydrogen-bond donors (Lipinski definition) is 1. The molecule has 20 heavy (non-hydrogen) atoms. The molecule has 0 saturated heterocycles. The van der Waals surface area contributed by atoms with Crippen molar-refractivity contribution >= 4 is 16.5 Å². The Kier molecular flexibility index (Phi) is 4.38. The quantitative estimate of drug-likeness (QED) is 0.876. The zero-order valence-corrected chi connectivity index (χ0v) is 11.8. The first-order valence-corrected chi connectivity index (χ1v) is 7.27. The number of methoxy groups -OCH3 is 1. The van der Waals surface area contributed by atoms with Crippen LogP contribution in [-0.4, -0.2) is 11.3 Å². The van der Waals surface area contributed by atoms with Gasteiger partial charge in [0.25, 0.3) is 0 Å². The van der Waals surface area contributed by atoms with Crippen LogP contribution in [0.3, 0.4) is 0 Å². The second kappa shape index (κ2) is 6.22. The molecule has 102 valence electrons. The summed E-state index contributed by atoms with van der Waals surface area (Å²) in [4.78, 5) is 0.594. The molecule has 0 aliphatic carbocycles. The molecule has 0 heterocycles. The van der Waals surface area contributed by atoms with Crippen LogP contribution < -0.4 is 10.5 Å². The molecule has 0 saturated carbocycles. The first-order valence-electron chi connectivity index (χ1n) is 5.95. The van der Waals surface area contributed by atoms with Crippen LogP contribution in [0.1, 0.15) is 11.1 Å². The first kappa shape index (κ1) is 14.1. The molecule has 0 bridgehead atoms. The topological polar surface area (TPSA) is 76.1 Å². The Balaban J connectivity index is 2.32. The number of nitrogen functional groups attached to an aromatic ring is 1. The highest BCUT2D eigenvalue weighted by Gasteiger charge is 2.12. The Bertz CT molecular complexity index is 693. The van der Waals surface area contributed by atoms with Crippen molar-refractivity contribution in [3.05, 3.63) is 53.6 Å².